The number of carbonyl (C=O) groups excluding carboxylic acids is 1. The quantitative estimate of drug-likeness (QED) is 0.635. The molecule has 0 unspecified atom stereocenters. The molecule has 0 saturated heterocycles. The van der Waals surface area contributed by atoms with Crippen LogP contribution in [0.1, 0.15) is 42.4 Å². The van der Waals surface area contributed by atoms with Crippen LogP contribution in [0.15, 0.2) is 48.5 Å². The number of benzene rings is 2. The van der Waals surface area contributed by atoms with Gasteiger partial charge in [-0.3, -0.25) is 4.79 Å². The Kier molecular flexibility index (Phi) is 6.84. The normalized spacial score (nSPS) is 13.0. The van der Waals surface area contributed by atoms with Gasteiger partial charge in [0, 0.05) is 19.0 Å². The van der Waals surface area contributed by atoms with Crippen LogP contribution in [0.4, 0.5) is 0 Å². The molecule has 2 aromatic rings. The summed E-state index contributed by atoms with van der Waals surface area (Å²) in [6.45, 7) is 1.98. The second-order valence-corrected chi connectivity index (χ2v) is 6.87. The molecule has 5 heteroatoms. The molecule has 0 aromatic heterocycles. The van der Waals surface area contributed by atoms with E-state index in [1.54, 1.807) is 6.07 Å². The highest BCUT2D eigenvalue weighted by Gasteiger charge is 2.22. The van der Waals surface area contributed by atoms with Crippen molar-refractivity contribution in [3.05, 3.63) is 65.2 Å². The molecule has 0 atom stereocenters. The van der Waals surface area contributed by atoms with E-state index in [-0.39, 0.29) is 5.91 Å². The number of hydrogen-bond acceptors (Lipinski definition) is 4. The third-order valence-corrected chi connectivity index (χ3v) is 4.39. The van der Waals surface area contributed by atoms with Crippen LogP contribution in [0.5, 0.6) is 5.75 Å². The number of rotatable bonds is 10. The molecule has 1 amide bonds. The summed E-state index contributed by atoms with van der Waals surface area (Å²) in [4.78, 5) is 11.6. The second kappa shape index (κ2) is 9.75. The molecule has 140 valence electrons. The van der Waals surface area contributed by atoms with Crippen LogP contribution in [-0.2, 0) is 17.9 Å². The van der Waals surface area contributed by atoms with Crippen LogP contribution in [0.25, 0.3) is 0 Å². The Labute approximate surface area is 160 Å². The molecule has 0 bridgehead atoms. The zero-order valence-corrected chi connectivity index (χ0v) is 15.4. The minimum Gasteiger partial charge on any atom is -0.489 e. The Balaban J connectivity index is 1.37. The van der Waals surface area contributed by atoms with Crippen molar-refractivity contribution in [2.75, 3.05) is 6.54 Å². The predicted molar refractivity (Wildman–Crippen MR) is 104 cm³/mol. The maximum Gasteiger partial charge on any atom is 0.220 e. The first-order valence-corrected chi connectivity index (χ1v) is 9.44. The highest BCUT2D eigenvalue weighted by molar-refractivity contribution is 5.76. The fourth-order valence-corrected chi connectivity index (χ4v) is 2.78. The van der Waals surface area contributed by atoms with Crippen molar-refractivity contribution in [1.29, 1.82) is 5.26 Å². The van der Waals surface area contributed by atoms with E-state index in [9.17, 15) is 4.79 Å². The number of hydrogen-bond donors (Lipinski definition) is 2. The molecule has 27 heavy (non-hydrogen) atoms. The van der Waals surface area contributed by atoms with Crippen molar-refractivity contribution in [3.8, 4) is 11.8 Å². The van der Waals surface area contributed by atoms with Crippen LogP contribution in [0, 0.1) is 11.3 Å². The van der Waals surface area contributed by atoms with Crippen molar-refractivity contribution in [1.82, 2.24) is 10.6 Å². The lowest BCUT2D eigenvalue weighted by atomic mass is 10.1. The van der Waals surface area contributed by atoms with Crippen molar-refractivity contribution in [2.24, 2.45) is 0 Å². The van der Waals surface area contributed by atoms with Gasteiger partial charge in [-0.1, -0.05) is 24.3 Å². The molecule has 2 N–H and O–H groups in total. The van der Waals surface area contributed by atoms with Crippen molar-refractivity contribution in [3.63, 3.8) is 0 Å². The van der Waals surface area contributed by atoms with E-state index in [1.165, 1.54) is 0 Å². The Bertz CT molecular complexity index is 809. The molecule has 0 spiro atoms. The predicted octanol–water partition coefficient (Wildman–Crippen LogP) is 3.29. The molecule has 1 fully saturated rings. The standard InChI is InChI=1S/C22H25N3O2/c23-14-17-4-1-6-19(12-17)16-27-21-7-2-5-18(13-21)15-24-11-3-8-22(26)25-20-9-10-20/h1-2,4-7,12-13,20,24H,3,8-11,15-16H2,(H,25,26). The average molecular weight is 363 g/mol. The number of ether oxygens (including phenoxy) is 1. The van der Waals surface area contributed by atoms with Gasteiger partial charge in [-0.2, -0.15) is 5.26 Å². The molecule has 1 aliphatic carbocycles. The molecular weight excluding hydrogens is 338 g/mol. The molecule has 2 aromatic carbocycles. The summed E-state index contributed by atoms with van der Waals surface area (Å²) in [5, 5.41) is 15.3. The van der Waals surface area contributed by atoms with E-state index in [2.05, 4.69) is 22.8 Å². The van der Waals surface area contributed by atoms with E-state index >= 15 is 0 Å². The summed E-state index contributed by atoms with van der Waals surface area (Å²) >= 11 is 0. The smallest absolute Gasteiger partial charge is 0.220 e. The van der Waals surface area contributed by atoms with E-state index < -0.39 is 0 Å². The van der Waals surface area contributed by atoms with Crippen molar-refractivity contribution < 1.29 is 9.53 Å². The average Bonchev–Trinajstić information content (AvgIpc) is 3.50. The number of nitrogens with zero attached hydrogens (tertiary/aromatic N) is 1. The largest absolute Gasteiger partial charge is 0.489 e. The molecule has 1 aliphatic rings. The Hall–Kier alpha value is -2.84. The van der Waals surface area contributed by atoms with Crippen LogP contribution < -0.4 is 15.4 Å². The lowest BCUT2D eigenvalue weighted by Gasteiger charge is -2.09. The first-order valence-electron chi connectivity index (χ1n) is 9.44. The van der Waals surface area contributed by atoms with Gasteiger partial charge in [-0.15, -0.1) is 0 Å². The van der Waals surface area contributed by atoms with E-state index in [0.29, 0.717) is 24.6 Å². The van der Waals surface area contributed by atoms with Gasteiger partial charge in [0.2, 0.25) is 5.91 Å². The van der Waals surface area contributed by atoms with Gasteiger partial charge in [-0.05, 0) is 61.2 Å². The fourth-order valence-electron chi connectivity index (χ4n) is 2.78. The Morgan fingerprint density at radius 3 is 2.78 bits per heavy atom. The lowest BCUT2D eigenvalue weighted by Crippen LogP contribution is -2.26. The molecule has 5 nitrogen and oxygen atoms in total. The van der Waals surface area contributed by atoms with Crippen molar-refractivity contribution >= 4 is 5.91 Å². The minimum absolute atomic E-state index is 0.162. The summed E-state index contributed by atoms with van der Waals surface area (Å²) in [7, 11) is 0. The molecular formula is C22H25N3O2. The Morgan fingerprint density at radius 2 is 1.96 bits per heavy atom. The maximum absolute atomic E-state index is 11.6. The van der Waals surface area contributed by atoms with E-state index in [1.807, 2.05) is 36.4 Å². The third-order valence-electron chi connectivity index (χ3n) is 4.39. The lowest BCUT2D eigenvalue weighted by molar-refractivity contribution is -0.121. The molecule has 0 radical (unpaired) electrons. The molecule has 0 heterocycles. The summed E-state index contributed by atoms with van der Waals surface area (Å²) < 4.78 is 5.84. The topological polar surface area (TPSA) is 74.1 Å². The first kappa shape index (κ1) is 18.9. The minimum atomic E-state index is 0.162. The second-order valence-electron chi connectivity index (χ2n) is 6.87. The summed E-state index contributed by atoms with van der Waals surface area (Å²) in [5.41, 5.74) is 2.75. The molecule has 0 aliphatic heterocycles. The van der Waals surface area contributed by atoms with Gasteiger partial charge in [0.05, 0.1) is 11.6 Å². The first-order chi connectivity index (χ1) is 13.2. The van der Waals surface area contributed by atoms with Gasteiger partial charge in [0.25, 0.3) is 0 Å². The summed E-state index contributed by atoms with van der Waals surface area (Å²) in [5.74, 6) is 0.968. The summed E-state index contributed by atoms with van der Waals surface area (Å²) in [6, 6.07) is 18.0. The van der Waals surface area contributed by atoms with Gasteiger partial charge in [-0.25, -0.2) is 0 Å². The van der Waals surface area contributed by atoms with Gasteiger partial charge in [0.1, 0.15) is 12.4 Å². The number of nitrogens with one attached hydrogen (secondary N) is 2. The summed E-state index contributed by atoms with van der Waals surface area (Å²) in [6.07, 6.45) is 3.68. The van der Waals surface area contributed by atoms with Crippen LogP contribution in [-0.4, -0.2) is 18.5 Å². The molecule has 3 rings (SSSR count). The zero-order valence-electron chi connectivity index (χ0n) is 15.4. The fraction of sp³-hybridized carbons (Fsp3) is 0.364. The monoisotopic (exact) mass is 363 g/mol. The van der Waals surface area contributed by atoms with Gasteiger partial charge < -0.3 is 15.4 Å². The van der Waals surface area contributed by atoms with Gasteiger partial charge >= 0.3 is 0 Å². The van der Waals surface area contributed by atoms with Gasteiger partial charge in [0.15, 0.2) is 0 Å². The van der Waals surface area contributed by atoms with E-state index in [0.717, 1.165) is 49.2 Å². The highest BCUT2D eigenvalue weighted by Crippen LogP contribution is 2.18. The molecule has 1 saturated carbocycles. The number of nitriles is 1. The third kappa shape index (κ3) is 6.76. The van der Waals surface area contributed by atoms with Crippen LogP contribution in [0.3, 0.4) is 0 Å². The zero-order chi connectivity index (χ0) is 18.9. The SMILES string of the molecule is N#Cc1cccc(COc2cccc(CNCCCC(=O)NC3CC3)c2)c1. The van der Waals surface area contributed by atoms with Crippen LogP contribution >= 0.6 is 0 Å². The van der Waals surface area contributed by atoms with Crippen LogP contribution in [0.2, 0.25) is 0 Å². The maximum atomic E-state index is 11.6. The highest BCUT2D eigenvalue weighted by atomic mass is 16.5. The van der Waals surface area contributed by atoms with Crippen molar-refractivity contribution in [2.45, 2.75) is 44.9 Å². The number of amides is 1. The van der Waals surface area contributed by atoms with E-state index in [4.69, 9.17) is 10.00 Å². The number of carbonyl (C=O) groups is 1. The Morgan fingerprint density at radius 1 is 1.15 bits per heavy atom.